The molecule has 1 unspecified atom stereocenters. The molecule has 3 aromatic rings. The fourth-order valence-corrected chi connectivity index (χ4v) is 6.09. The van der Waals surface area contributed by atoms with Gasteiger partial charge in [-0.05, 0) is 55.7 Å². The first-order valence-corrected chi connectivity index (χ1v) is 13.0. The quantitative estimate of drug-likeness (QED) is 0.621. The molecule has 1 N–H and O–H groups in total. The van der Waals surface area contributed by atoms with Gasteiger partial charge in [0.2, 0.25) is 11.8 Å². The summed E-state index contributed by atoms with van der Waals surface area (Å²) in [5.41, 5.74) is 5.68. The van der Waals surface area contributed by atoms with E-state index in [9.17, 15) is 18.0 Å². The summed E-state index contributed by atoms with van der Waals surface area (Å²) in [6, 6.07) is 13.4. The minimum absolute atomic E-state index is 0.0950. The van der Waals surface area contributed by atoms with Gasteiger partial charge >= 0.3 is 0 Å². The Morgan fingerprint density at radius 1 is 1.03 bits per heavy atom. The summed E-state index contributed by atoms with van der Waals surface area (Å²) in [6.45, 7) is 6.20. The number of anilines is 2. The number of aryl methyl sites for hydroxylation is 3. The number of carbonyl (C=O) groups excluding carboxylic acids is 2. The topological polar surface area (TPSA) is 101 Å². The highest BCUT2D eigenvalue weighted by atomic mass is 32.2. The number of hydrogen-bond acceptors (Lipinski definition) is 5. The molecule has 1 saturated heterocycles. The molecule has 176 valence electrons. The minimum Gasteiger partial charge on any atom is -0.312 e. The first-order chi connectivity index (χ1) is 16.1. The molecular weight excluding hydrogens is 452 g/mol. The number of aromatic nitrogens is 2. The van der Waals surface area contributed by atoms with E-state index in [1.165, 1.54) is 0 Å². The Bertz CT molecular complexity index is 1440. The first-order valence-electron chi connectivity index (χ1n) is 11.2. The first kappa shape index (κ1) is 22.3. The van der Waals surface area contributed by atoms with Gasteiger partial charge in [-0.3, -0.25) is 9.59 Å². The smallest absolute Gasteiger partial charge is 0.230 e. The second-order valence-corrected chi connectivity index (χ2v) is 11.2. The molecule has 34 heavy (non-hydrogen) atoms. The van der Waals surface area contributed by atoms with Crippen molar-refractivity contribution in [1.82, 2.24) is 9.78 Å². The number of nitrogens with one attached hydrogen (secondary N) is 1. The standard InChI is InChI=1S/C25H26N4O4S/c1-15-8-9-19(10-17(15)3)28-12-18(11-23(28)30)25(31)26-24-20-13-34(32,33)14-21(20)27-29(24)22-7-5-4-6-16(22)2/h4-10,18H,11-14H2,1-3H3,(H,26,31). The monoisotopic (exact) mass is 478 g/mol. The number of sulfone groups is 1. The maximum Gasteiger partial charge on any atom is 0.230 e. The highest BCUT2D eigenvalue weighted by molar-refractivity contribution is 7.90. The van der Waals surface area contributed by atoms with Crippen LogP contribution in [-0.4, -0.2) is 36.6 Å². The Balaban J connectivity index is 1.44. The summed E-state index contributed by atoms with van der Waals surface area (Å²) in [7, 11) is -3.30. The maximum atomic E-state index is 13.3. The number of benzene rings is 2. The molecular formula is C25H26N4O4S. The number of rotatable bonds is 4. The molecule has 0 spiro atoms. The maximum absolute atomic E-state index is 13.3. The average Bonchev–Trinajstić information content (AvgIpc) is 3.41. The Kier molecular flexibility index (Phi) is 5.31. The summed E-state index contributed by atoms with van der Waals surface area (Å²) >= 11 is 0. The van der Waals surface area contributed by atoms with Crippen LogP contribution >= 0.6 is 0 Å². The minimum atomic E-state index is -3.30. The number of hydrogen-bond donors (Lipinski definition) is 1. The molecule has 0 radical (unpaired) electrons. The van der Waals surface area contributed by atoms with Crippen LogP contribution in [0.15, 0.2) is 42.5 Å². The van der Waals surface area contributed by atoms with E-state index in [4.69, 9.17) is 0 Å². The number of amides is 2. The van der Waals surface area contributed by atoms with E-state index >= 15 is 0 Å². The summed E-state index contributed by atoms with van der Waals surface area (Å²) < 4.78 is 26.1. The van der Waals surface area contributed by atoms with E-state index < -0.39 is 15.8 Å². The second kappa shape index (κ2) is 8.09. The predicted molar refractivity (Wildman–Crippen MR) is 130 cm³/mol. The summed E-state index contributed by atoms with van der Waals surface area (Å²) in [5, 5.41) is 7.47. The van der Waals surface area contributed by atoms with Crippen molar-refractivity contribution in [3.63, 3.8) is 0 Å². The fourth-order valence-electron chi connectivity index (χ4n) is 4.59. The van der Waals surface area contributed by atoms with Gasteiger partial charge in [0.05, 0.1) is 28.8 Å². The fraction of sp³-hybridized carbons (Fsp3) is 0.320. The van der Waals surface area contributed by atoms with Crippen LogP contribution in [0.1, 0.15) is 34.4 Å². The van der Waals surface area contributed by atoms with E-state index in [-0.39, 0.29) is 36.3 Å². The van der Waals surface area contributed by atoms with Crippen LogP contribution in [-0.2, 0) is 30.9 Å². The molecule has 2 aliphatic rings. The lowest BCUT2D eigenvalue weighted by molar-refractivity contribution is -0.122. The van der Waals surface area contributed by atoms with Gasteiger partial charge in [-0.15, -0.1) is 0 Å². The van der Waals surface area contributed by atoms with Crippen LogP contribution in [0.3, 0.4) is 0 Å². The van der Waals surface area contributed by atoms with Crippen molar-refractivity contribution >= 4 is 33.2 Å². The SMILES string of the molecule is Cc1ccc(N2CC(C(=O)Nc3c4c(nn3-c3ccccc3C)CS(=O)(=O)C4)CC2=O)cc1C. The molecule has 1 atom stereocenters. The lowest BCUT2D eigenvalue weighted by Gasteiger charge is -2.18. The van der Waals surface area contributed by atoms with Gasteiger partial charge in [0, 0.05) is 24.2 Å². The molecule has 2 aliphatic heterocycles. The van der Waals surface area contributed by atoms with Crippen LogP contribution in [0.2, 0.25) is 0 Å². The molecule has 3 heterocycles. The van der Waals surface area contributed by atoms with Gasteiger partial charge in [-0.25, -0.2) is 13.1 Å². The Morgan fingerprint density at radius 2 is 1.79 bits per heavy atom. The van der Waals surface area contributed by atoms with Gasteiger partial charge in [0.25, 0.3) is 0 Å². The van der Waals surface area contributed by atoms with Crippen molar-refractivity contribution in [1.29, 1.82) is 0 Å². The van der Waals surface area contributed by atoms with Gasteiger partial charge in [0.15, 0.2) is 9.84 Å². The van der Waals surface area contributed by atoms with Gasteiger partial charge in [0.1, 0.15) is 5.82 Å². The molecule has 1 fully saturated rings. The van der Waals surface area contributed by atoms with Crippen molar-refractivity contribution in [3.05, 3.63) is 70.4 Å². The molecule has 0 saturated carbocycles. The van der Waals surface area contributed by atoms with E-state index in [1.807, 2.05) is 63.2 Å². The number of nitrogens with zero attached hydrogens (tertiary/aromatic N) is 3. The molecule has 5 rings (SSSR count). The predicted octanol–water partition coefficient (Wildman–Crippen LogP) is 3.22. The van der Waals surface area contributed by atoms with E-state index in [0.717, 1.165) is 28.1 Å². The number of carbonyl (C=O) groups is 2. The molecule has 8 nitrogen and oxygen atoms in total. The molecule has 2 amide bonds. The van der Waals surface area contributed by atoms with E-state index in [0.29, 0.717) is 17.1 Å². The second-order valence-electron chi connectivity index (χ2n) is 9.17. The normalized spacial score (nSPS) is 18.9. The van der Waals surface area contributed by atoms with E-state index in [2.05, 4.69) is 10.4 Å². The average molecular weight is 479 g/mol. The Morgan fingerprint density at radius 3 is 2.53 bits per heavy atom. The highest BCUT2D eigenvalue weighted by Crippen LogP contribution is 2.35. The summed E-state index contributed by atoms with van der Waals surface area (Å²) in [6.07, 6.45) is 0.0950. The van der Waals surface area contributed by atoms with Gasteiger partial charge in [-0.2, -0.15) is 5.10 Å². The zero-order chi connectivity index (χ0) is 24.2. The highest BCUT2D eigenvalue weighted by Gasteiger charge is 2.38. The number of fused-ring (bicyclic) bond motifs is 1. The summed E-state index contributed by atoms with van der Waals surface area (Å²) in [4.78, 5) is 27.7. The number of para-hydroxylation sites is 1. The molecule has 2 aromatic carbocycles. The van der Waals surface area contributed by atoms with Gasteiger partial charge < -0.3 is 10.2 Å². The molecule has 1 aromatic heterocycles. The van der Waals surface area contributed by atoms with Crippen molar-refractivity contribution in [2.75, 3.05) is 16.8 Å². The summed E-state index contributed by atoms with van der Waals surface area (Å²) in [5.74, 6) is -0.921. The Hall–Kier alpha value is -3.46. The lowest BCUT2D eigenvalue weighted by atomic mass is 10.1. The zero-order valence-electron chi connectivity index (χ0n) is 19.3. The third kappa shape index (κ3) is 3.90. The van der Waals surface area contributed by atoms with E-state index in [1.54, 1.807) is 9.58 Å². The van der Waals surface area contributed by atoms with Crippen molar-refractivity contribution in [2.45, 2.75) is 38.7 Å². The third-order valence-corrected chi connectivity index (χ3v) is 8.11. The van der Waals surface area contributed by atoms with Crippen LogP contribution in [0, 0.1) is 26.7 Å². The molecule has 0 bridgehead atoms. The van der Waals surface area contributed by atoms with Crippen molar-refractivity contribution in [2.24, 2.45) is 5.92 Å². The lowest BCUT2D eigenvalue weighted by Crippen LogP contribution is -2.29. The zero-order valence-corrected chi connectivity index (χ0v) is 20.1. The molecule has 9 heteroatoms. The van der Waals surface area contributed by atoms with Crippen LogP contribution < -0.4 is 10.2 Å². The Labute approximate surface area is 198 Å². The third-order valence-electron chi connectivity index (χ3n) is 6.67. The molecule has 0 aliphatic carbocycles. The van der Waals surface area contributed by atoms with Crippen molar-refractivity contribution in [3.8, 4) is 5.69 Å². The van der Waals surface area contributed by atoms with Crippen LogP contribution in [0.4, 0.5) is 11.5 Å². The van der Waals surface area contributed by atoms with Gasteiger partial charge in [-0.1, -0.05) is 24.3 Å². The van der Waals surface area contributed by atoms with Crippen LogP contribution in [0.25, 0.3) is 5.69 Å². The van der Waals surface area contributed by atoms with Crippen molar-refractivity contribution < 1.29 is 18.0 Å². The largest absolute Gasteiger partial charge is 0.312 e. The van der Waals surface area contributed by atoms with Crippen LogP contribution in [0.5, 0.6) is 0 Å².